The van der Waals surface area contributed by atoms with E-state index in [1.165, 1.54) is 0 Å². The van der Waals surface area contributed by atoms with E-state index in [9.17, 15) is 14.4 Å². The molecule has 1 unspecified atom stereocenters. The molecule has 5 N–H and O–H groups in total. The predicted molar refractivity (Wildman–Crippen MR) is 68.5 cm³/mol. The lowest BCUT2D eigenvalue weighted by molar-refractivity contribution is -0.143. The Morgan fingerprint density at radius 1 is 1.21 bits per heavy atom. The molecule has 0 saturated heterocycles. The second kappa shape index (κ2) is 7.08. The Labute approximate surface area is 112 Å². The second-order valence-corrected chi connectivity index (χ2v) is 5.57. The van der Waals surface area contributed by atoms with Crippen molar-refractivity contribution in [1.82, 2.24) is 5.32 Å². The van der Waals surface area contributed by atoms with Gasteiger partial charge in [-0.25, -0.2) is 4.79 Å². The lowest BCUT2D eigenvalue weighted by Gasteiger charge is -2.27. The maximum Gasteiger partial charge on any atom is 0.326 e. The van der Waals surface area contributed by atoms with Gasteiger partial charge in [-0.15, -0.1) is 0 Å². The maximum atomic E-state index is 11.7. The highest BCUT2D eigenvalue weighted by molar-refractivity contribution is 5.84. The van der Waals surface area contributed by atoms with E-state index in [0.717, 1.165) is 0 Å². The maximum absolute atomic E-state index is 11.7. The molecule has 1 amide bonds. The standard InChI is InChI=1S/C12H22N2O5/c1-12(2,3)8(13)6-9(15)14-7(11(18)19)4-5-10(16)17/h7-8H,4-6,13H2,1-3H3,(H,14,15)(H,16,17)(H,18,19)/t7-,8?/m0/s1. The molecule has 0 heterocycles. The van der Waals surface area contributed by atoms with Crippen LogP contribution in [0.4, 0.5) is 0 Å². The fourth-order valence-electron chi connectivity index (χ4n) is 1.28. The first-order chi connectivity index (χ1) is 8.54. The molecule has 110 valence electrons. The SMILES string of the molecule is CC(C)(C)C(N)CC(=O)N[C@@H](CCC(=O)O)C(=O)O. The Morgan fingerprint density at radius 3 is 2.11 bits per heavy atom. The molecule has 0 aliphatic rings. The van der Waals surface area contributed by atoms with Crippen LogP contribution in [-0.2, 0) is 14.4 Å². The van der Waals surface area contributed by atoms with E-state index >= 15 is 0 Å². The normalized spacial score (nSPS) is 14.5. The number of hydrogen-bond donors (Lipinski definition) is 4. The number of hydrogen-bond acceptors (Lipinski definition) is 4. The van der Waals surface area contributed by atoms with Gasteiger partial charge >= 0.3 is 11.9 Å². The molecule has 0 aromatic rings. The van der Waals surface area contributed by atoms with Gasteiger partial charge in [-0.05, 0) is 11.8 Å². The number of aliphatic carboxylic acids is 2. The average Bonchev–Trinajstić information content (AvgIpc) is 2.21. The molecule has 0 bridgehead atoms. The topological polar surface area (TPSA) is 130 Å². The minimum absolute atomic E-state index is 0.000349. The number of carbonyl (C=O) groups is 3. The van der Waals surface area contributed by atoms with Crippen LogP contribution in [0.25, 0.3) is 0 Å². The summed E-state index contributed by atoms with van der Waals surface area (Å²) in [6.07, 6.45) is -0.468. The molecule has 0 rings (SSSR count). The third-order valence-corrected chi connectivity index (χ3v) is 2.80. The van der Waals surface area contributed by atoms with Crippen LogP contribution in [-0.4, -0.2) is 40.1 Å². The zero-order valence-corrected chi connectivity index (χ0v) is 11.5. The van der Waals surface area contributed by atoms with Crippen molar-refractivity contribution in [2.24, 2.45) is 11.1 Å². The summed E-state index contributed by atoms with van der Waals surface area (Å²) in [5, 5.41) is 19.7. The van der Waals surface area contributed by atoms with Gasteiger partial charge < -0.3 is 21.3 Å². The van der Waals surface area contributed by atoms with Crippen LogP contribution in [0.1, 0.15) is 40.0 Å². The summed E-state index contributed by atoms with van der Waals surface area (Å²) in [5.41, 5.74) is 5.56. The predicted octanol–water partition coefficient (Wildman–Crippen LogP) is 0.184. The van der Waals surface area contributed by atoms with Gasteiger partial charge in [0, 0.05) is 18.9 Å². The van der Waals surface area contributed by atoms with Crippen LogP contribution in [0.3, 0.4) is 0 Å². The molecule has 0 saturated carbocycles. The molecule has 0 aromatic carbocycles. The van der Waals surface area contributed by atoms with E-state index in [1.54, 1.807) is 0 Å². The molecular weight excluding hydrogens is 252 g/mol. The van der Waals surface area contributed by atoms with Crippen molar-refractivity contribution in [2.45, 2.75) is 52.1 Å². The first-order valence-electron chi connectivity index (χ1n) is 6.03. The minimum atomic E-state index is -1.25. The van der Waals surface area contributed by atoms with Gasteiger partial charge in [0.2, 0.25) is 5.91 Å². The van der Waals surface area contributed by atoms with E-state index in [2.05, 4.69) is 5.32 Å². The smallest absolute Gasteiger partial charge is 0.326 e. The number of rotatable bonds is 7. The Balaban J connectivity index is 4.40. The summed E-state index contributed by atoms with van der Waals surface area (Å²) in [7, 11) is 0. The summed E-state index contributed by atoms with van der Waals surface area (Å²) in [5.74, 6) is -2.84. The number of nitrogens with two attached hydrogens (primary N) is 1. The highest BCUT2D eigenvalue weighted by Crippen LogP contribution is 2.19. The van der Waals surface area contributed by atoms with Crippen molar-refractivity contribution < 1.29 is 24.6 Å². The molecule has 19 heavy (non-hydrogen) atoms. The van der Waals surface area contributed by atoms with Crippen molar-refractivity contribution >= 4 is 17.8 Å². The molecule has 2 atom stereocenters. The van der Waals surface area contributed by atoms with E-state index < -0.39 is 29.9 Å². The molecule has 0 radical (unpaired) electrons. The van der Waals surface area contributed by atoms with E-state index in [-0.39, 0.29) is 24.7 Å². The van der Waals surface area contributed by atoms with Gasteiger partial charge in [0.05, 0.1) is 0 Å². The number of nitrogens with one attached hydrogen (secondary N) is 1. The van der Waals surface area contributed by atoms with Gasteiger partial charge in [0.15, 0.2) is 0 Å². The monoisotopic (exact) mass is 274 g/mol. The first kappa shape index (κ1) is 17.4. The molecule has 0 aromatic heterocycles. The van der Waals surface area contributed by atoms with Gasteiger partial charge in [-0.1, -0.05) is 20.8 Å². The van der Waals surface area contributed by atoms with Gasteiger partial charge in [-0.3, -0.25) is 9.59 Å². The number of carboxylic acids is 2. The molecule has 0 fully saturated rings. The van der Waals surface area contributed by atoms with E-state index in [1.807, 2.05) is 20.8 Å². The largest absolute Gasteiger partial charge is 0.481 e. The Bertz CT molecular complexity index is 349. The number of carboxylic acid groups (broad SMARTS) is 2. The highest BCUT2D eigenvalue weighted by Gasteiger charge is 2.26. The van der Waals surface area contributed by atoms with E-state index in [4.69, 9.17) is 15.9 Å². The van der Waals surface area contributed by atoms with Crippen LogP contribution >= 0.6 is 0 Å². The number of amides is 1. The zero-order valence-electron chi connectivity index (χ0n) is 11.5. The summed E-state index contributed by atoms with van der Waals surface area (Å²) < 4.78 is 0. The van der Waals surface area contributed by atoms with Crippen LogP contribution in [0.15, 0.2) is 0 Å². The lowest BCUT2D eigenvalue weighted by atomic mass is 9.85. The zero-order chi connectivity index (χ0) is 15.2. The lowest BCUT2D eigenvalue weighted by Crippen LogP contribution is -2.45. The van der Waals surface area contributed by atoms with Crippen molar-refractivity contribution in [3.8, 4) is 0 Å². The van der Waals surface area contributed by atoms with Crippen molar-refractivity contribution in [2.75, 3.05) is 0 Å². The fraction of sp³-hybridized carbons (Fsp3) is 0.750. The van der Waals surface area contributed by atoms with Crippen LogP contribution < -0.4 is 11.1 Å². The molecule has 7 heteroatoms. The van der Waals surface area contributed by atoms with Gasteiger partial charge in [-0.2, -0.15) is 0 Å². The van der Waals surface area contributed by atoms with Crippen LogP contribution in [0.5, 0.6) is 0 Å². The van der Waals surface area contributed by atoms with Crippen molar-refractivity contribution in [3.05, 3.63) is 0 Å². The van der Waals surface area contributed by atoms with Crippen molar-refractivity contribution in [1.29, 1.82) is 0 Å². The quantitative estimate of drug-likeness (QED) is 0.524. The molecule has 7 nitrogen and oxygen atoms in total. The molecule has 0 aliphatic carbocycles. The summed E-state index contributed by atoms with van der Waals surface area (Å²) in [6, 6.07) is -1.60. The first-order valence-corrected chi connectivity index (χ1v) is 6.03. The summed E-state index contributed by atoms with van der Waals surface area (Å²) in [6.45, 7) is 5.64. The third-order valence-electron chi connectivity index (χ3n) is 2.80. The highest BCUT2D eigenvalue weighted by atomic mass is 16.4. The van der Waals surface area contributed by atoms with Crippen LogP contribution in [0, 0.1) is 5.41 Å². The average molecular weight is 274 g/mol. The Hall–Kier alpha value is -1.63. The number of carbonyl (C=O) groups excluding carboxylic acids is 1. The minimum Gasteiger partial charge on any atom is -0.481 e. The Kier molecular flexibility index (Phi) is 6.47. The molecular formula is C12H22N2O5. The van der Waals surface area contributed by atoms with Crippen molar-refractivity contribution in [3.63, 3.8) is 0 Å². The third kappa shape index (κ3) is 7.40. The van der Waals surface area contributed by atoms with E-state index in [0.29, 0.717) is 0 Å². The summed E-state index contributed by atoms with van der Waals surface area (Å²) in [4.78, 5) is 32.9. The Morgan fingerprint density at radius 2 is 1.74 bits per heavy atom. The second-order valence-electron chi connectivity index (χ2n) is 5.57. The molecule has 0 aliphatic heterocycles. The van der Waals surface area contributed by atoms with Gasteiger partial charge in [0.1, 0.15) is 6.04 Å². The van der Waals surface area contributed by atoms with Gasteiger partial charge in [0.25, 0.3) is 0 Å². The summed E-state index contributed by atoms with van der Waals surface area (Å²) >= 11 is 0. The van der Waals surface area contributed by atoms with Crippen LogP contribution in [0.2, 0.25) is 0 Å². The molecule has 0 spiro atoms. The fourth-order valence-corrected chi connectivity index (χ4v) is 1.28.